The van der Waals surface area contributed by atoms with Crippen molar-refractivity contribution in [3.63, 3.8) is 0 Å². The molecule has 1 aromatic rings. The third-order valence-corrected chi connectivity index (χ3v) is 2.75. The molecule has 0 radical (unpaired) electrons. The summed E-state index contributed by atoms with van der Waals surface area (Å²) in [5.41, 5.74) is 6.47. The van der Waals surface area contributed by atoms with E-state index in [1.165, 1.54) is 6.07 Å². The van der Waals surface area contributed by atoms with E-state index in [4.69, 9.17) is 22.1 Å². The fourth-order valence-corrected chi connectivity index (χ4v) is 1.67. The summed E-state index contributed by atoms with van der Waals surface area (Å²) < 4.78 is 40.3. The normalized spacial score (nSPS) is 11.4. The monoisotopic (exact) mass is 324 g/mol. The van der Waals surface area contributed by atoms with Gasteiger partial charge in [-0.25, -0.2) is 0 Å². The summed E-state index contributed by atoms with van der Waals surface area (Å²) in [7, 11) is 0. The lowest BCUT2D eigenvalue weighted by Crippen LogP contribution is -2.15. The molecule has 0 spiro atoms. The highest BCUT2D eigenvalue weighted by Crippen LogP contribution is 2.22. The zero-order valence-corrected chi connectivity index (χ0v) is 11.9. The number of hydrogen-bond acceptors (Lipinski definition) is 3. The van der Waals surface area contributed by atoms with E-state index in [-0.39, 0.29) is 18.9 Å². The number of benzene rings is 1. The topological polar surface area (TPSA) is 64.3 Å². The Kier molecular flexibility index (Phi) is 6.77. The van der Waals surface area contributed by atoms with Crippen LogP contribution in [-0.2, 0) is 9.53 Å². The summed E-state index contributed by atoms with van der Waals surface area (Å²) in [4.78, 5) is 11.6. The number of carbonyl (C=O) groups excluding carboxylic acids is 1. The fourth-order valence-electron chi connectivity index (χ4n) is 1.48. The van der Waals surface area contributed by atoms with Crippen molar-refractivity contribution >= 4 is 28.9 Å². The molecule has 0 bridgehead atoms. The van der Waals surface area contributed by atoms with Gasteiger partial charge < -0.3 is 15.8 Å². The number of carbonyl (C=O) groups is 1. The molecule has 1 amide bonds. The Labute approximate surface area is 125 Å². The lowest BCUT2D eigenvalue weighted by atomic mass is 10.2. The van der Waals surface area contributed by atoms with Crippen molar-refractivity contribution in [1.82, 2.24) is 0 Å². The van der Waals surface area contributed by atoms with Crippen LogP contribution in [0.2, 0.25) is 5.02 Å². The van der Waals surface area contributed by atoms with Crippen LogP contribution in [0.5, 0.6) is 0 Å². The zero-order valence-electron chi connectivity index (χ0n) is 11.2. The molecule has 0 aliphatic carbocycles. The number of rotatable bonds is 7. The van der Waals surface area contributed by atoms with Crippen LogP contribution in [0, 0.1) is 0 Å². The van der Waals surface area contributed by atoms with Crippen LogP contribution in [0.4, 0.5) is 24.5 Å². The van der Waals surface area contributed by atoms with Crippen molar-refractivity contribution in [2.24, 2.45) is 0 Å². The summed E-state index contributed by atoms with van der Waals surface area (Å²) in [6.07, 6.45) is -4.74. The Hall–Kier alpha value is -1.47. The number of alkyl halides is 3. The van der Waals surface area contributed by atoms with Gasteiger partial charge in [0.1, 0.15) is 0 Å². The minimum absolute atomic E-state index is 0.0968. The molecule has 4 nitrogen and oxygen atoms in total. The van der Waals surface area contributed by atoms with E-state index in [0.717, 1.165) is 0 Å². The van der Waals surface area contributed by atoms with E-state index >= 15 is 0 Å². The average Bonchev–Trinajstić information content (AvgIpc) is 2.36. The van der Waals surface area contributed by atoms with E-state index in [0.29, 0.717) is 22.8 Å². The molecule has 1 rings (SSSR count). The fraction of sp³-hybridized carbons (Fsp3) is 0.462. The van der Waals surface area contributed by atoms with E-state index in [9.17, 15) is 18.0 Å². The first-order valence-corrected chi connectivity index (χ1v) is 6.65. The number of halogens is 4. The van der Waals surface area contributed by atoms with Gasteiger partial charge >= 0.3 is 6.18 Å². The Balaban J connectivity index is 2.20. The summed E-state index contributed by atoms with van der Waals surface area (Å²) in [5, 5.41) is 3.06. The van der Waals surface area contributed by atoms with Crippen LogP contribution in [0.1, 0.15) is 19.3 Å². The first-order chi connectivity index (χ1) is 9.78. The molecule has 0 aliphatic rings. The van der Waals surface area contributed by atoms with Gasteiger partial charge in [-0.2, -0.15) is 13.2 Å². The third kappa shape index (κ3) is 7.77. The molecule has 0 unspecified atom stereocenters. The molecule has 0 atom stereocenters. The number of hydrogen-bond donors (Lipinski definition) is 2. The van der Waals surface area contributed by atoms with Gasteiger partial charge in [0.25, 0.3) is 0 Å². The standard InChI is InChI=1S/C13H16ClF3N2O2/c14-9-3-4-11(10(18)8-9)19-12(20)2-1-6-21-7-5-13(15,16)17/h3-4,8H,1-2,5-7,18H2,(H,19,20). The van der Waals surface area contributed by atoms with Gasteiger partial charge in [0.2, 0.25) is 5.91 Å². The molecular formula is C13H16ClF3N2O2. The van der Waals surface area contributed by atoms with E-state index in [2.05, 4.69) is 5.32 Å². The quantitative estimate of drug-likeness (QED) is 0.595. The lowest BCUT2D eigenvalue weighted by Gasteiger charge is -2.09. The molecule has 0 heterocycles. The summed E-state index contributed by atoms with van der Waals surface area (Å²) in [6, 6.07) is 4.68. The Morgan fingerprint density at radius 2 is 2.05 bits per heavy atom. The van der Waals surface area contributed by atoms with Gasteiger partial charge in [-0.3, -0.25) is 4.79 Å². The minimum Gasteiger partial charge on any atom is -0.397 e. The highest BCUT2D eigenvalue weighted by atomic mass is 35.5. The molecule has 21 heavy (non-hydrogen) atoms. The molecule has 0 aliphatic heterocycles. The van der Waals surface area contributed by atoms with Crippen LogP contribution in [-0.4, -0.2) is 25.3 Å². The third-order valence-electron chi connectivity index (χ3n) is 2.51. The van der Waals surface area contributed by atoms with Crippen molar-refractivity contribution in [3.05, 3.63) is 23.2 Å². The smallest absolute Gasteiger partial charge is 0.391 e. The molecule has 8 heteroatoms. The summed E-state index contributed by atoms with van der Waals surface area (Å²) in [6.45, 7) is -0.297. The highest BCUT2D eigenvalue weighted by Gasteiger charge is 2.26. The van der Waals surface area contributed by atoms with Crippen LogP contribution in [0.25, 0.3) is 0 Å². The molecule has 0 saturated heterocycles. The van der Waals surface area contributed by atoms with Crippen molar-refractivity contribution in [2.45, 2.75) is 25.4 Å². The van der Waals surface area contributed by atoms with Gasteiger partial charge in [-0.1, -0.05) is 11.6 Å². The number of nitrogens with two attached hydrogens (primary N) is 1. The average molecular weight is 325 g/mol. The zero-order chi connectivity index (χ0) is 15.9. The number of anilines is 2. The summed E-state index contributed by atoms with van der Waals surface area (Å²) in [5.74, 6) is -0.288. The van der Waals surface area contributed by atoms with E-state index < -0.39 is 19.2 Å². The number of ether oxygens (including phenoxy) is 1. The van der Waals surface area contributed by atoms with Crippen molar-refractivity contribution in [2.75, 3.05) is 24.3 Å². The molecule has 0 aromatic heterocycles. The first-order valence-electron chi connectivity index (χ1n) is 6.27. The molecule has 3 N–H and O–H groups in total. The Morgan fingerprint density at radius 1 is 1.33 bits per heavy atom. The molecule has 1 aromatic carbocycles. The van der Waals surface area contributed by atoms with Crippen molar-refractivity contribution in [3.8, 4) is 0 Å². The Bertz CT molecular complexity index is 481. The second kappa shape index (κ2) is 8.09. The highest BCUT2D eigenvalue weighted by molar-refractivity contribution is 6.31. The van der Waals surface area contributed by atoms with Gasteiger partial charge in [0, 0.05) is 18.1 Å². The first kappa shape index (κ1) is 17.6. The predicted octanol–water partition coefficient (Wildman–Crippen LogP) is 3.61. The second-order valence-corrected chi connectivity index (χ2v) is 4.80. The number of nitrogens with one attached hydrogen (secondary N) is 1. The Morgan fingerprint density at radius 3 is 2.67 bits per heavy atom. The SMILES string of the molecule is Nc1cc(Cl)ccc1NC(=O)CCCOCCC(F)(F)F. The van der Waals surface area contributed by atoms with Gasteiger partial charge in [0.05, 0.1) is 24.4 Å². The number of nitrogen functional groups attached to an aromatic ring is 1. The lowest BCUT2D eigenvalue weighted by molar-refractivity contribution is -0.145. The predicted molar refractivity (Wildman–Crippen MR) is 75.2 cm³/mol. The van der Waals surface area contributed by atoms with Gasteiger partial charge in [-0.15, -0.1) is 0 Å². The van der Waals surface area contributed by atoms with E-state index in [1.54, 1.807) is 12.1 Å². The molecule has 118 valence electrons. The van der Waals surface area contributed by atoms with Crippen LogP contribution in [0.15, 0.2) is 18.2 Å². The maximum atomic E-state index is 11.8. The van der Waals surface area contributed by atoms with Gasteiger partial charge in [-0.05, 0) is 24.6 Å². The maximum Gasteiger partial charge on any atom is 0.391 e. The number of amides is 1. The van der Waals surface area contributed by atoms with E-state index in [1.807, 2.05) is 0 Å². The maximum absolute atomic E-state index is 11.8. The van der Waals surface area contributed by atoms with Gasteiger partial charge in [0.15, 0.2) is 0 Å². The largest absolute Gasteiger partial charge is 0.397 e. The van der Waals surface area contributed by atoms with Crippen LogP contribution < -0.4 is 11.1 Å². The van der Waals surface area contributed by atoms with Crippen LogP contribution in [0.3, 0.4) is 0 Å². The van der Waals surface area contributed by atoms with Crippen molar-refractivity contribution in [1.29, 1.82) is 0 Å². The second-order valence-electron chi connectivity index (χ2n) is 4.36. The minimum atomic E-state index is -4.22. The molecule has 0 fully saturated rings. The van der Waals surface area contributed by atoms with Crippen molar-refractivity contribution < 1.29 is 22.7 Å². The summed E-state index contributed by atoms with van der Waals surface area (Å²) >= 11 is 5.73. The molecular weight excluding hydrogens is 309 g/mol. The van der Waals surface area contributed by atoms with Crippen LogP contribution >= 0.6 is 11.6 Å². The molecule has 0 saturated carbocycles.